The van der Waals surface area contributed by atoms with Crippen LogP contribution >= 0.6 is 11.8 Å². The summed E-state index contributed by atoms with van der Waals surface area (Å²) < 4.78 is 34.2. The molecule has 0 aliphatic carbocycles. The van der Waals surface area contributed by atoms with Crippen molar-refractivity contribution in [3.05, 3.63) is 48.5 Å². The molecule has 0 spiro atoms. The number of ether oxygens (including phenoxy) is 2. The second kappa shape index (κ2) is 8.80. The Morgan fingerprint density at radius 3 is 2.26 bits per heavy atom. The van der Waals surface area contributed by atoms with Crippen LogP contribution in [0.3, 0.4) is 0 Å². The highest BCUT2D eigenvalue weighted by atomic mass is 32.2. The summed E-state index contributed by atoms with van der Waals surface area (Å²) >= 11 is 1.42. The monoisotopic (exact) mass is 461 g/mol. The Hall–Kier alpha value is -2.72. The first-order chi connectivity index (χ1) is 14.9. The number of rotatable bonds is 6. The molecule has 1 amide bonds. The normalized spacial score (nSPS) is 21.2. The van der Waals surface area contributed by atoms with Crippen LogP contribution in [0.5, 0.6) is 11.5 Å². The maximum atomic E-state index is 12.8. The number of methoxy groups -OCH3 is 2. The van der Waals surface area contributed by atoms with Crippen molar-refractivity contribution in [1.29, 1.82) is 0 Å². The Bertz CT molecular complexity index is 1090. The van der Waals surface area contributed by atoms with Crippen molar-refractivity contribution in [2.24, 2.45) is 4.99 Å². The van der Waals surface area contributed by atoms with Crippen molar-refractivity contribution in [2.45, 2.75) is 11.3 Å². The second-order valence-corrected chi connectivity index (χ2v) is 10.6. The molecule has 0 aromatic heterocycles. The molecule has 2 aromatic rings. The number of sulfone groups is 1. The van der Waals surface area contributed by atoms with Crippen molar-refractivity contribution in [2.75, 3.05) is 42.5 Å². The van der Waals surface area contributed by atoms with Crippen LogP contribution in [-0.4, -0.2) is 63.1 Å². The molecule has 1 saturated heterocycles. The molecule has 2 heterocycles. The van der Waals surface area contributed by atoms with E-state index in [1.165, 1.54) is 11.8 Å². The third kappa shape index (κ3) is 4.96. The smallest absolute Gasteiger partial charge is 0.244 e. The summed E-state index contributed by atoms with van der Waals surface area (Å²) in [7, 11) is 0.125. The van der Waals surface area contributed by atoms with E-state index in [1.54, 1.807) is 38.5 Å². The van der Waals surface area contributed by atoms with Gasteiger partial charge < -0.3 is 19.7 Å². The zero-order chi connectivity index (χ0) is 22.0. The summed E-state index contributed by atoms with van der Waals surface area (Å²) in [5.74, 6) is 1.37. The Morgan fingerprint density at radius 2 is 1.68 bits per heavy atom. The Balaban J connectivity index is 1.54. The highest BCUT2D eigenvalue weighted by molar-refractivity contribution is 8.15. The highest BCUT2D eigenvalue weighted by Crippen LogP contribution is 2.37. The average Bonchev–Trinajstić information content (AvgIpc) is 3.26. The number of aliphatic imine (C=N–C) groups is 1. The third-order valence-corrected chi connectivity index (χ3v) is 8.34. The molecule has 8 nitrogen and oxygen atoms in total. The zero-order valence-electron chi connectivity index (χ0n) is 17.1. The summed E-state index contributed by atoms with van der Waals surface area (Å²) in [6.45, 7) is 0.0381. The molecule has 0 saturated carbocycles. The van der Waals surface area contributed by atoms with E-state index in [0.717, 1.165) is 5.69 Å². The quantitative estimate of drug-likeness (QED) is 0.706. The first-order valence-corrected chi connectivity index (χ1v) is 12.4. The van der Waals surface area contributed by atoms with Gasteiger partial charge in [0.2, 0.25) is 5.91 Å². The van der Waals surface area contributed by atoms with Crippen LogP contribution in [0.1, 0.15) is 0 Å². The molecular weight excluding hydrogens is 438 g/mol. The van der Waals surface area contributed by atoms with Crippen molar-refractivity contribution >= 4 is 44.0 Å². The van der Waals surface area contributed by atoms with Crippen LogP contribution < -0.4 is 19.7 Å². The van der Waals surface area contributed by atoms with E-state index in [9.17, 15) is 13.2 Å². The number of amidine groups is 1. The molecule has 164 valence electrons. The van der Waals surface area contributed by atoms with Gasteiger partial charge in [-0.15, -0.1) is 0 Å². The van der Waals surface area contributed by atoms with Gasteiger partial charge >= 0.3 is 0 Å². The lowest BCUT2D eigenvalue weighted by Crippen LogP contribution is -2.36. The average molecular weight is 462 g/mol. The number of fused-ring (bicyclic) bond motifs is 1. The van der Waals surface area contributed by atoms with Crippen LogP contribution in [0.15, 0.2) is 53.5 Å². The first-order valence-electron chi connectivity index (χ1n) is 9.67. The molecule has 2 aliphatic rings. The lowest BCUT2D eigenvalue weighted by atomic mass is 10.2. The van der Waals surface area contributed by atoms with E-state index in [2.05, 4.69) is 10.3 Å². The number of carbonyl (C=O) groups excluding carboxylic acids is 1. The first kappa shape index (κ1) is 21.5. The molecular formula is C21H23N3O5S2. The molecule has 31 heavy (non-hydrogen) atoms. The fourth-order valence-electron chi connectivity index (χ4n) is 3.52. The van der Waals surface area contributed by atoms with Crippen molar-refractivity contribution in [3.63, 3.8) is 0 Å². The van der Waals surface area contributed by atoms with Gasteiger partial charge in [-0.2, -0.15) is 0 Å². The van der Waals surface area contributed by atoms with Gasteiger partial charge in [0, 0.05) is 16.6 Å². The molecule has 2 aliphatic heterocycles. The number of thioether (sulfide) groups is 1. The zero-order valence-corrected chi connectivity index (χ0v) is 18.8. The molecule has 0 bridgehead atoms. The summed E-state index contributed by atoms with van der Waals surface area (Å²) in [5.41, 5.74) is 1.43. The predicted molar refractivity (Wildman–Crippen MR) is 123 cm³/mol. The molecule has 1 N–H and O–H groups in total. The maximum absolute atomic E-state index is 12.8. The fraction of sp³-hybridized carbons (Fsp3) is 0.333. The minimum atomic E-state index is -3.05. The molecule has 2 aromatic carbocycles. The number of anilines is 2. The molecule has 2 unspecified atom stereocenters. The summed E-state index contributed by atoms with van der Waals surface area (Å²) in [6, 6.07) is 14.2. The lowest BCUT2D eigenvalue weighted by Gasteiger charge is -2.24. The van der Waals surface area contributed by atoms with Gasteiger partial charge in [-0.3, -0.25) is 9.79 Å². The van der Waals surface area contributed by atoms with Gasteiger partial charge in [-0.1, -0.05) is 11.8 Å². The van der Waals surface area contributed by atoms with E-state index in [4.69, 9.17) is 9.47 Å². The Kier molecular flexibility index (Phi) is 6.10. The van der Waals surface area contributed by atoms with E-state index >= 15 is 0 Å². The number of carbonyl (C=O) groups is 1. The minimum absolute atomic E-state index is 0.0381. The number of hydrogen-bond donors (Lipinski definition) is 1. The number of amides is 1. The third-order valence-electron chi connectivity index (χ3n) is 5.10. The van der Waals surface area contributed by atoms with Crippen LogP contribution in [0.25, 0.3) is 0 Å². The number of benzene rings is 2. The molecule has 4 rings (SSSR count). The summed E-state index contributed by atoms with van der Waals surface area (Å²) in [4.78, 5) is 19.3. The Morgan fingerprint density at radius 1 is 1.06 bits per heavy atom. The predicted octanol–water partition coefficient (Wildman–Crippen LogP) is 2.42. The highest BCUT2D eigenvalue weighted by Gasteiger charge is 2.44. The van der Waals surface area contributed by atoms with Crippen molar-refractivity contribution in [3.8, 4) is 11.5 Å². The van der Waals surface area contributed by atoms with E-state index < -0.39 is 9.84 Å². The van der Waals surface area contributed by atoms with Gasteiger partial charge in [0.1, 0.15) is 18.0 Å². The summed E-state index contributed by atoms with van der Waals surface area (Å²) in [6.07, 6.45) is 0. The van der Waals surface area contributed by atoms with E-state index in [0.29, 0.717) is 22.4 Å². The number of nitrogens with one attached hydrogen (secondary N) is 1. The van der Waals surface area contributed by atoms with Gasteiger partial charge in [0.15, 0.2) is 15.0 Å². The molecule has 0 radical (unpaired) electrons. The largest absolute Gasteiger partial charge is 0.497 e. The number of nitrogens with zero attached hydrogens (tertiary/aromatic N) is 2. The van der Waals surface area contributed by atoms with Crippen molar-refractivity contribution in [1.82, 2.24) is 0 Å². The van der Waals surface area contributed by atoms with Crippen LogP contribution in [0.4, 0.5) is 11.4 Å². The van der Waals surface area contributed by atoms with Gasteiger partial charge in [-0.05, 0) is 48.5 Å². The lowest BCUT2D eigenvalue weighted by molar-refractivity contribution is -0.114. The van der Waals surface area contributed by atoms with E-state index in [1.807, 2.05) is 29.2 Å². The molecule has 1 fully saturated rings. The fourth-order valence-corrected chi connectivity index (χ4v) is 7.30. The molecule has 10 heteroatoms. The van der Waals surface area contributed by atoms with Gasteiger partial charge in [0.25, 0.3) is 0 Å². The van der Waals surface area contributed by atoms with Crippen LogP contribution in [0.2, 0.25) is 0 Å². The topological polar surface area (TPSA) is 97.3 Å². The SMILES string of the molecule is COc1ccc(NC(=O)CN(C2=NC3CS(=O)(=O)CC3S2)c2ccc(OC)cc2)cc1. The number of hydrogen-bond acceptors (Lipinski definition) is 8. The minimum Gasteiger partial charge on any atom is -0.497 e. The standard InChI is InChI=1S/C21H23N3O5S2/c1-28-16-7-3-14(4-8-16)22-20(25)11-24(15-5-9-17(29-2)10-6-15)21-23-18-12-31(26,27)13-19(18)30-21/h3-10,18-19H,11-13H2,1-2H3,(H,22,25). The Labute approximate surface area is 185 Å². The van der Waals surface area contributed by atoms with Crippen LogP contribution in [0, 0.1) is 0 Å². The van der Waals surface area contributed by atoms with Crippen molar-refractivity contribution < 1.29 is 22.7 Å². The second-order valence-electron chi connectivity index (χ2n) is 7.27. The van der Waals surface area contributed by atoms with Crippen LogP contribution in [-0.2, 0) is 14.6 Å². The summed E-state index contributed by atoms with van der Waals surface area (Å²) in [5, 5.41) is 3.43. The van der Waals surface area contributed by atoms with Gasteiger partial charge in [-0.25, -0.2) is 8.42 Å². The van der Waals surface area contributed by atoms with Gasteiger partial charge in [0.05, 0.1) is 31.8 Å². The molecule has 2 atom stereocenters. The van der Waals surface area contributed by atoms with E-state index in [-0.39, 0.29) is 35.2 Å². The maximum Gasteiger partial charge on any atom is 0.244 e.